The Kier molecular flexibility index (Phi) is 3.11. The molecule has 1 heterocycles. The minimum absolute atomic E-state index is 0.168. The third kappa shape index (κ3) is 2.72. The van der Waals surface area contributed by atoms with E-state index in [1.165, 1.54) is 0 Å². The molecular weight excluding hydrogens is 140 g/mol. The van der Waals surface area contributed by atoms with Gasteiger partial charge in [0.2, 0.25) is 0 Å². The average Bonchev–Trinajstić information content (AvgIpc) is 2.52. The minimum Gasteiger partial charge on any atom is -0.393 e. The smallest absolute Gasteiger partial charge is 0.0921 e. The fourth-order valence-corrected chi connectivity index (χ4v) is 0.948. The standard InChI is InChI=1S/C8H14N2O/c1-2-8(11)4-3-7-5-9-6-10-7/h5-6,8,11H,2-4H2,1H3,(H,9,10). The summed E-state index contributed by atoms with van der Waals surface area (Å²) in [5.74, 6) is 0. The quantitative estimate of drug-likeness (QED) is 0.682. The van der Waals surface area contributed by atoms with E-state index in [2.05, 4.69) is 9.97 Å². The fraction of sp³-hybridized carbons (Fsp3) is 0.625. The lowest BCUT2D eigenvalue weighted by molar-refractivity contribution is 0.160. The maximum absolute atomic E-state index is 9.22. The van der Waals surface area contributed by atoms with Crippen molar-refractivity contribution in [1.29, 1.82) is 0 Å². The highest BCUT2D eigenvalue weighted by Gasteiger charge is 2.01. The van der Waals surface area contributed by atoms with Crippen LogP contribution in [0, 0.1) is 0 Å². The first-order chi connectivity index (χ1) is 5.33. The number of aliphatic hydroxyl groups excluding tert-OH is 1. The molecule has 0 fully saturated rings. The number of aliphatic hydroxyl groups is 1. The number of imidazole rings is 1. The SMILES string of the molecule is CCC(O)CCc1cnc[nH]1. The molecule has 0 radical (unpaired) electrons. The molecule has 0 aliphatic heterocycles. The highest BCUT2D eigenvalue weighted by atomic mass is 16.3. The third-order valence-electron chi connectivity index (χ3n) is 1.77. The molecule has 0 aliphatic carbocycles. The van der Waals surface area contributed by atoms with Gasteiger partial charge in [0.15, 0.2) is 0 Å². The van der Waals surface area contributed by atoms with Gasteiger partial charge in [-0.1, -0.05) is 6.92 Å². The first-order valence-corrected chi connectivity index (χ1v) is 3.98. The molecule has 1 aromatic heterocycles. The summed E-state index contributed by atoms with van der Waals surface area (Å²) in [4.78, 5) is 6.88. The molecule has 0 aliphatic rings. The molecule has 62 valence electrons. The molecule has 0 aromatic carbocycles. The molecule has 2 N–H and O–H groups in total. The minimum atomic E-state index is -0.168. The number of hydrogen-bond acceptors (Lipinski definition) is 2. The summed E-state index contributed by atoms with van der Waals surface area (Å²) in [6.45, 7) is 1.98. The molecule has 3 heteroatoms. The second kappa shape index (κ2) is 4.13. The van der Waals surface area contributed by atoms with E-state index in [1.54, 1.807) is 12.5 Å². The summed E-state index contributed by atoms with van der Waals surface area (Å²) in [5, 5.41) is 9.22. The molecule has 11 heavy (non-hydrogen) atoms. The number of rotatable bonds is 4. The molecule has 0 amide bonds. The van der Waals surface area contributed by atoms with E-state index in [0.717, 1.165) is 25.0 Å². The van der Waals surface area contributed by atoms with Gasteiger partial charge in [-0.15, -0.1) is 0 Å². The summed E-state index contributed by atoms with van der Waals surface area (Å²) in [6.07, 6.45) is 5.82. The van der Waals surface area contributed by atoms with Gasteiger partial charge in [-0.05, 0) is 19.3 Å². The highest BCUT2D eigenvalue weighted by Crippen LogP contribution is 2.02. The second-order valence-electron chi connectivity index (χ2n) is 2.68. The van der Waals surface area contributed by atoms with Gasteiger partial charge >= 0.3 is 0 Å². The van der Waals surface area contributed by atoms with Crippen molar-refractivity contribution in [2.24, 2.45) is 0 Å². The van der Waals surface area contributed by atoms with E-state index < -0.39 is 0 Å². The van der Waals surface area contributed by atoms with Crippen molar-refractivity contribution in [3.63, 3.8) is 0 Å². The van der Waals surface area contributed by atoms with Gasteiger partial charge < -0.3 is 10.1 Å². The van der Waals surface area contributed by atoms with E-state index in [0.29, 0.717) is 0 Å². The Bertz CT molecular complexity index is 184. The molecule has 0 bridgehead atoms. The van der Waals surface area contributed by atoms with Crippen LogP contribution < -0.4 is 0 Å². The Morgan fingerprint density at radius 2 is 2.55 bits per heavy atom. The van der Waals surface area contributed by atoms with Crippen LogP contribution in [0.5, 0.6) is 0 Å². The largest absolute Gasteiger partial charge is 0.393 e. The van der Waals surface area contributed by atoms with Crippen molar-refractivity contribution in [3.05, 3.63) is 18.2 Å². The Morgan fingerprint density at radius 1 is 1.73 bits per heavy atom. The zero-order valence-corrected chi connectivity index (χ0v) is 6.75. The van der Waals surface area contributed by atoms with Gasteiger partial charge in [0.1, 0.15) is 0 Å². The van der Waals surface area contributed by atoms with E-state index >= 15 is 0 Å². The van der Waals surface area contributed by atoms with Crippen molar-refractivity contribution >= 4 is 0 Å². The maximum Gasteiger partial charge on any atom is 0.0921 e. The summed E-state index contributed by atoms with van der Waals surface area (Å²) >= 11 is 0. The maximum atomic E-state index is 9.22. The van der Waals surface area contributed by atoms with Crippen LogP contribution in [0.1, 0.15) is 25.5 Å². The van der Waals surface area contributed by atoms with Crippen molar-refractivity contribution in [3.8, 4) is 0 Å². The van der Waals surface area contributed by atoms with Crippen LogP contribution in [0.4, 0.5) is 0 Å². The topological polar surface area (TPSA) is 48.9 Å². The van der Waals surface area contributed by atoms with Crippen molar-refractivity contribution < 1.29 is 5.11 Å². The van der Waals surface area contributed by atoms with Gasteiger partial charge in [-0.3, -0.25) is 0 Å². The van der Waals surface area contributed by atoms with E-state index in [9.17, 15) is 5.11 Å². The van der Waals surface area contributed by atoms with Crippen LogP contribution in [0.2, 0.25) is 0 Å². The lowest BCUT2D eigenvalue weighted by Gasteiger charge is -2.04. The van der Waals surface area contributed by atoms with Crippen LogP contribution >= 0.6 is 0 Å². The highest BCUT2D eigenvalue weighted by molar-refractivity contribution is 4.94. The molecule has 1 aromatic rings. The van der Waals surface area contributed by atoms with Gasteiger partial charge in [-0.25, -0.2) is 4.98 Å². The van der Waals surface area contributed by atoms with Crippen molar-refractivity contribution in [2.45, 2.75) is 32.3 Å². The number of hydrogen-bond donors (Lipinski definition) is 2. The predicted octanol–water partition coefficient (Wildman–Crippen LogP) is 1.11. The number of aromatic nitrogens is 2. The molecule has 0 saturated carbocycles. The van der Waals surface area contributed by atoms with Crippen LogP contribution in [-0.4, -0.2) is 21.2 Å². The Labute approximate surface area is 66.5 Å². The Hall–Kier alpha value is -0.830. The summed E-state index contributed by atoms with van der Waals surface area (Å²) in [5.41, 5.74) is 1.09. The van der Waals surface area contributed by atoms with Crippen LogP contribution in [0.3, 0.4) is 0 Å². The first-order valence-electron chi connectivity index (χ1n) is 3.98. The molecular formula is C8H14N2O. The lowest BCUT2D eigenvalue weighted by Crippen LogP contribution is -2.05. The normalized spacial score (nSPS) is 13.3. The number of aromatic amines is 1. The van der Waals surface area contributed by atoms with E-state index in [4.69, 9.17) is 0 Å². The average molecular weight is 154 g/mol. The number of nitrogens with one attached hydrogen (secondary N) is 1. The number of H-pyrrole nitrogens is 1. The third-order valence-corrected chi connectivity index (χ3v) is 1.77. The van der Waals surface area contributed by atoms with Gasteiger partial charge in [0.05, 0.1) is 12.4 Å². The molecule has 3 nitrogen and oxygen atoms in total. The molecule has 1 unspecified atom stereocenters. The summed E-state index contributed by atoms with van der Waals surface area (Å²) in [6, 6.07) is 0. The number of nitrogens with zero attached hydrogens (tertiary/aromatic N) is 1. The monoisotopic (exact) mass is 154 g/mol. The van der Waals surface area contributed by atoms with E-state index in [1.807, 2.05) is 6.92 Å². The molecule has 0 spiro atoms. The Morgan fingerprint density at radius 3 is 3.09 bits per heavy atom. The Balaban J connectivity index is 2.23. The van der Waals surface area contributed by atoms with Crippen molar-refractivity contribution in [1.82, 2.24) is 9.97 Å². The van der Waals surface area contributed by atoms with Crippen molar-refractivity contribution in [2.75, 3.05) is 0 Å². The van der Waals surface area contributed by atoms with E-state index in [-0.39, 0.29) is 6.10 Å². The molecule has 1 rings (SSSR count). The van der Waals surface area contributed by atoms with Gasteiger partial charge in [-0.2, -0.15) is 0 Å². The summed E-state index contributed by atoms with van der Waals surface area (Å²) in [7, 11) is 0. The van der Waals surface area contributed by atoms with Gasteiger partial charge in [0.25, 0.3) is 0 Å². The zero-order chi connectivity index (χ0) is 8.10. The van der Waals surface area contributed by atoms with Crippen LogP contribution in [0.15, 0.2) is 12.5 Å². The predicted molar refractivity (Wildman–Crippen MR) is 43.2 cm³/mol. The number of aryl methyl sites for hydroxylation is 1. The zero-order valence-electron chi connectivity index (χ0n) is 6.75. The molecule has 0 saturated heterocycles. The summed E-state index contributed by atoms with van der Waals surface area (Å²) < 4.78 is 0. The molecule has 1 atom stereocenters. The lowest BCUT2D eigenvalue weighted by atomic mass is 10.1. The fourth-order valence-electron chi connectivity index (χ4n) is 0.948. The van der Waals surface area contributed by atoms with Crippen LogP contribution in [-0.2, 0) is 6.42 Å². The second-order valence-corrected chi connectivity index (χ2v) is 2.68. The van der Waals surface area contributed by atoms with Gasteiger partial charge in [0, 0.05) is 11.9 Å². The first kappa shape index (κ1) is 8.27. The van der Waals surface area contributed by atoms with Crippen LogP contribution in [0.25, 0.3) is 0 Å².